The van der Waals surface area contributed by atoms with Crippen molar-refractivity contribution >= 4 is 17.9 Å². The van der Waals surface area contributed by atoms with E-state index in [-0.39, 0.29) is 42.5 Å². The second-order valence-corrected chi connectivity index (χ2v) is 9.10. The van der Waals surface area contributed by atoms with Gasteiger partial charge in [-0.2, -0.15) is 0 Å². The van der Waals surface area contributed by atoms with Crippen LogP contribution in [0, 0.1) is 5.82 Å². The lowest BCUT2D eigenvalue weighted by molar-refractivity contribution is -0.136. The summed E-state index contributed by atoms with van der Waals surface area (Å²) in [6.07, 6.45) is 1.86. The van der Waals surface area contributed by atoms with Crippen molar-refractivity contribution in [3.63, 3.8) is 0 Å². The Morgan fingerprint density at radius 1 is 1.33 bits per heavy atom. The summed E-state index contributed by atoms with van der Waals surface area (Å²) in [4.78, 5) is 23.3. The number of likely N-dealkylation sites (tertiary alicyclic amines) is 1. The van der Waals surface area contributed by atoms with Crippen molar-refractivity contribution in [1.82, 2.24) is 19.8 Å². The van der Waals surface area contributed by atoms with Crippen LogP contribution in [0.5, 0.6) is 0 Å². The molecule has 0 spiro atoms. The van der Waals surface area contributed by atoms with E-state index in [1.165, 1.54) is 30.4 Å². The summed E-state index contributed by atoms with van der Waals surface area (Å²) in [6, 6.07) is 2.28. The number of halogens is 3. The molecule has 2 heterocycles. The van der Waals surface area contributed by atoms with Crippen LogP contribution in [0.15, 0.2) is 24.5 Å². The second-order valence-electron chi connectivity index (χ2n) is 8.67. The lowest BCUT2D eigenvalue weighted by Crippen LogP contribution is -2.54. The maximum atomic E-state index is 15.9. The Hall–Kier alpha value is -2.04. The van der Waals surface area contributed by atoms with E-state index in [4.69, 9.17) is 11.6 Å². The maximum Gasteiger partial charge on any atom is 0.150 e. The zero-order valence-corrected chi connectivity index (χ0v) is 19.7. The van der Waals surface area contributed by atoms with Gasteiger partial charge >= 0.3 is 0 Å². The number of nitrogens with zero attached hydrogens (tertiary/aromatic N) is 4. The van der Waals surface area contributed by atoms with Gasteiger partial charge < -0.3 is 15.1 Å². The zero-order chi connectivity index (χ0) is 24.4. The molecule has 0 radical (unpaired) electrons. The molecule has 2 atom stereocenters. The Bertz CT molecular complexity index is 986. The SMILES string of the molecule is CCC(O)(c1cc(F)c([C@@H](O)N(C)Cc2ncc(Cl)cn2)c(C=O)c1)C1(F)CCN(C)CC1. The fourth-order valence-corrected chi connectivity index (χ4v) is 4.46. The molecule has 0 amide bonds. The van der Waals surface area contributed by atoms with Crippen molar-refractivity contribution in [3.8, 4) is 0 Å². The summed E-state index contributed by atoms with van der Waals surface area (Å²) in [5.41, 5.74) is -4.38. The first-order valence-corrected chi connectivity index (χ1v) is 11.2. The molecule has 0 aliphatic carbocycles. The minimum Gasteiger partial charge on any atom is -0.382 e. The van der Waals surface area contributed by atoms with Crippen molar-refractivity contribution in [2.45, 2.75) is 50.2 Å². The largest absolute Gasteiger partial charge is 0.382 e. The average Bonchev–Trinajstić information content (AvgIpc) is 2.80. The van der Waals surface area contributed by atoms with Crippen LogP contribution in [-0.4, -0.2) is 69.1 Å². The molecule has 1 aromatic heterocycles. The van der Waals surface area contributed by atoms with Gasteiger partial charge in [0.25, 0.3) is 0 Å². The Kier molecular flexibility index (Phi) is 7.80. The third-order valence-corrected chi connectivity index (χ3v) is 6.73. The summed E-state index contributed by atoms with van der Waals surface area (Å²) < 4.78 is 31.2. The molecule has 1 aliphatic heterocycles. The number of alkyl halides is 1. The number of piperidine rings is 1. The standard InChI is InChI=1S/C23H29ClF2N4O3/c1-4-23(33,22(26)5-7-29(2)8-6-22)16-9-15(14-31)20(18(25)10-16)21(32)30(3)13-19-27-11-17(24)12-28-19/h9-12,14,21,32-33H,4-8,13H2,1-3H3/t21-,23?/m1/s1. The molecule has 0 bridgehead atoms. The highest BCUT2D eigenvalue weighted by Gasteiger charge is 2.52. The number of aldehydes is 1. The van der Waals surface area contributed by atoms with Gasteiger partial charge in [0, 0.05) is 36.6 Å². The number of benzene rings is 1. The van der Waals surface area contributed by atoms with Crippen molar-refractivity contribution in [3.05, 3.63) is 57.9 Å². The molecular weight excluding hydrogens is 454 g/mol. The fourth-order valence-electron chi connectivity index (χ4n) is 4.36. The predicted molar refractivity (Wildman–Crippen MR) is 120 cm³/mol. The number of rotatable bonds is 8. The number of hydrogen-bond acceptors (Lipinski definition) is 7. The van der Waals surface area contributed by atoms with Crippen LogP contribution in [0.25, 0.3) is 0 Å². The Balaban J connectivity index is 1.94. The van der Waals surface area contributed by atoms with Gasteiger partial charge in [0.2, 0.25) is 0 Å². The molecule has 1 unspecified atom stereocenters. The van der Waals surface area contributed by atoms with Crippen LogP contribution in [0.2, 0.25) is 5.02 Å². The topological polar surface area (TPSA) is 89.8 Å². The van der Waals surface area contributed by atoms with Gasteiger partial charge in [-0.05, 0) is 51.1 Å². The first-order valence-electron chi connectivity index (χ1n) is 10.8. The van der Waals surface area contributed by atoms with E-state index in [1.807, 2.05) is 11.9 Å². The summed E-state index contributed by atoms with van der Waals surface area (Å²) in [7, 11) is 3.39. The first-order chi connectivity index (χ1) is 15.5. The summed E-state index contributed by atoms with van der Waals surface area (Å²) >= 11 is 5.78. The molecule has 1 aliphatic rings. The van der Waals surface area contributed by atoms with Crippen molar-refractivity contribution in [1.29, 1.82) is 0 Å². The molecule has 2 aromatic rings. The third kappa shape index (κ3) is 5.07. The Morgan fingerprint density at radius 3 is 2.48 bits per heavy atom. The minimum atomic E-state index is -1.97. The molecule has 3 rings (SSSR count). The van der Waals surface area contributed by atoms with Crippen LogP contribution in [0.3, 0.4) is 0 Å². The second kappa shape index (κ2) is 10.1. The van der Waals surface area contributed by atoms with E-state index in [9.17, 15) is 15.0 Å². The van der Waals surface area contributed by atoms with Crippen LogP contribution in [0.1, 0.15) is 59.7 Å². The number of hydrogen-bond donors (Lipinski definition) is 2. The number of aliphatic hydroxyl groups excluding tert-OH is 1. The molecule has 1 fully saturated rings. The number of carbonyl (C=O) groups excluding carboxylic acids is 1. The number of aliphatic hydroxyl groups is 2. The lowest BCUT2D eigenvalue weighted by atomic mass is 9.71. The summed E-state index contributed by atoms with van der Waals surface area (Å²) in [6.45, 7) is 2.59. The van der Waals surface area contributed by atoms with Crippen molar-refractivity contribution < 1.29 is 23.8 Å². The quantitative estimate of drug-likeness (QED) is 0.441. The van der Waals surface area contributed by atoms with E-state index >= 15 is 8.78 Å². The van der Waals surface area contributed by atoms with Crippen LogP contribution in [-0.2, 0) is 12.1 Å². The minimum absolute atomic E-state index is 0.000655. The van der Waals surface area contributed by atoms with Gasteiger partial charge in [-0.3, -0.25) is 9.69 Å². The highest BCUT2D eigenvalue weighted by molar-refractivity contribution is 6.30. The van der Waals surface area contributed by atoms with E-state index in [0.717, 1.165) is 6.07 Å². The van der Waals surface area contributed by atoms with E-state index in [0.29, 0.717) is 30.2 Å². The predicted octanol–water partition coefficient (Wildman–Crippen LogP) is 3.24. The highest BCUT2D eigenvalue weighted by Crippen LogP contribution is 2.46. The van der Waals surface area contributed by atoms with Crippen LogP contribution >= 0.6 is 11.6 Å². The van der Waals surface area contributed by atoms with Gasteiger partial charge in [0.15, 0.2) is 6.29 Å². The number of aromatic nitrogens is 2. The Labute approximate surface area is 197 Å². The molecule has 180 valence electrons. The zero-order valence-electron chi connectivity index (χ0n) is 18.9. The molecule has 2 N–H and O–H groups in total. The van der Waals surface area contributed by atoms with Gasteiger partial charge in [-0.1, -0.05) is 18.5 Å². The summed E-state index contributed by atoms with van der Waals surface area (Å²) in [5, 5.41) is 22.5. The molecule has 1 aromatic carbocycles. The fraction of sp³-hybridized carbons (Fsp3) is 0.522. The first kappa shape index (κ1) is 25.6. The van der Waals surface area contributed by atoms with Crippen LogP contribution in [0.4, 0.5) is 8.78 Å². The van der Waals surface area contributed by atoms with E-state index in [1.54, 1.807) is 6.92 Å². The molecule has 7 nitrogen and oxygen atoms in total. The highest BCUT2D eigenvalue weighted by atomic mass is 35.5. The average molecular weight is 483 g/mol. The van der Waals surface area contributed by atoms with Crippen molar-refractivity contribution in [2.75, 3.05) is 27.2 Å². The van der Waals surface area contributed by atoms with Gasteiger partial charge in [-0.25, -0.2) is 18.7 Å². The maximum absolute atomic E-state index is 15.9. The lowest BCUT2D eigenvalue weighted by Gasteiger charge is -2.46. The Morgan fingerprint density at radius 2 is 1.94 bits per heavy atom. The third-order valence-electron chi connectivity index (χ3n) is 6.54. The van der Waals surface area contributed by atoms with E-state index < -0.39 is 23.3 Å². The van der Waals surface area contributed by atoms with E-state index in [2.05, 4.69) is 9.97 Å². The van der Waals surface area contributed by atoms with Crippen LogP contribution < -0.4 is 0 Å². The van der Waals surface area contributed by atoms with Gasteiger partial charge in [0.05, 0.1) is 11.6 Å². The molecule has 1 saturated heterocycles. The smallest absolute Gasteiger partial charge is 0.150 e. The summed E-state index contributed by atoms with van der Waals surface area (Å²) in [5.74, 6) is -0.568. The molecule has 0 saturated carbocycles. The normalized spacial score (nSPS) is 19.3. The monoisotopic (exact) mass is 482 g/mol. The molecule has 10 heteroatoms. The number of carbonyl (C=O) groups is 1. The van der Waals surface area contributed by atoms with Gasteiger partial charge in [0.1, 0.15) is 29.1 Å². The molecule has 33 heavy (non-hydrogen) atoms. The molecular formula is C23H29ClF2N4O3. The van der Waals surface area contributed by atoms with Crippen molar-refractivity contribution in [2.24, 2.45) is 0 Å². The van der Waals surface area contributed by atoms with Gasteiger partial charge in [-0.15, -0.1) is 0 Å².